The van der Waals surface area contributed by atoms with Gasteiger partial charge in [-0.25, -0.2) is 0 Å². The first-order valence-electron chi connectivity index (χ1n) is 8.39. The van der Waals surface area contributed by atoms with Gasteiger partial charge in [0.1, 0.15) is 0 Å². The number of piperidine rings is 1. The zero-order valence-corrected chi connectivity index (χ0v) is 13.1. The number of fused-ring (bicyclic) bond motifs is 1. The number of amides is 1. The Morgan fingerprint density at radius 2 is 2.04 bits per heavy atom. The summed E-state index contributed by atoms with van der Waals surface area (Å²) in [6, 6.07) is 8.01. The van der Waals surface area contributed by atoms with E-state index in [-0.39, 0.29) is 18.0 Å². The molecular weight excluding hydrogens is 292 g/mol. The van der Waals surface area contributed by atoms with Crippen molar-refractivity contribution in [1.82, 2.24) is 20.4 Å². The van der Waals surface area contributed by atoms with Crippen molar-refractivity contribution in [3.05, 3.63) is 30.0 Å². The molecule has 2 saturated heterocycles. The van der Waals surface area contributed by atoms with Gasteiger partial charge < -0.3 is 10.1 Å². The summed E-state index contributed by atoms with van der Waals surface area (Å²) in [5.41, 5.74) is 1.35. The molecule has 0 spiro atoms. The quantitative estimate of drug-likeness (QED) is 0.902. The van der Waals surface area contributed by atoms with Gasteiger partial charge in [0.25, 0.3) is 5.91 Å². The number of benzene rings is 1. The second kappa shape index (κ2) is 6.29. The van der Waals surface area contributed by atoms with Gasteiger partial charge in [0.05, 0.1) is 30.8 Å². The maximum atomic E-state index is 12.6. The minimum absolute atomic E-state index is 0.0380. The molecule has 1 amide bonds. The van der Waals surface area contributed by atoms with Crippen LogP contribution in [0.15, 0.2) is 24.3 Å². The van der Waals surface area contributed by atoms with Crippen LogP contribution in [0.25, 0.3) is 10.9 Å². The maximum absolute atomic E-state index is 12.6. The number of likely N-dealkylation sites (tertiary alicyclic amines) is 1. The number of nitrogens with zero attached hydrogens (tertiary/aromatic N) is 2. The van der Waals surface area contributed by atoms with Crippen molar-refractivity contribution in [2.24, 2.45) is 0 Å². The van der Waals surface area contributed by atoms with Crippen LogP contribution in [0.2, 0.25) is 0 Å². The lowest BCUT2D eigenvalue weighted by atomic mass is 10.0. The number of carbonyl (C=O) groups is 1. The molecule has 2 aromatic rings. The fourth-order valence-corrected chi connectivity index (χ4v) is 3.66. The number of hydrogen-bond donors (Lipinski definition) is 2. The van der Waals surface area contributed by atoms with E-state index in [1.807, 2.05) is 24.3 Å². The Labute approximate surface area is 135 Å². The van der Waals surface area contributed by atoms with Crippen molar-refractivity contribution in [2.75, 3.05) is 26.3 Å². The summed E-state index contributed by atoms with van der Waals surface area (Å²) < 4.78 is 5.64. The second-order valence-corrected chi connectivity index (χ2v) is 6.40. The predicted octanol–water partition coefficient (Wildman–Crippen LogP) is 1.55. The molecule has 4 rings (SSSR count). The maximum Gasteiger partial charge on any atom is 0.272 e. The van der Waals surface area contributed by atoms with Crippen LogP contribution < -0.4 is 5.32 Å². The Bertz CT molecular complexity index is 693. The van der Waals surface area contributed by atoms with Gasteiger partial charge in [0.2, 0.25) is 0 Å². The van der Waals surface area contributed by atoms with Crippen LogP contribution in [0.5, 0.6) is 0 Å². The first-order valence-corrected chi connectivity index (χ1v) is 8.39. The van der Waals surface area contributed by atoms with Gasteiger partial charge >= 0.3 is 0 Å². The number of H-pyrrole nitrogens is 1. The van der Waals surface area contributed by atoms with Crippen molar-refractivity contribution in [3.8, 4) is 0 Å². The number of ether oxygens (including phenoxy) is 1. The van der Waals surface area contributed by atoms with E-state index in [0.29, 0.717) is 18.9 Å². The van der Waals surface area contributed by atoms with Crippen LogP contribution in [-0.2, 0) is 4.74 Å². The highest BCUT2D eigenvalue weighted by Gasteiger charge is 2.35. The van der Waals surface area contributed by atoms with Crippen LogP contribution in [0.3, 0.4) is 0 Å². The standard InChI is InChI=1S/C17H22N4O2/c22-17(16-12-6-2-3-7-13(12)19-20-16)18-14-10-23-11-15(14)21-8-4-1-5-9-21/h2-3,6-7,14-15H,1,4-5,8-11H2,(H,18,22)(H,19,20)/t14-,15-/m1/s1. The van der Waals surface area contributed by atoms with Gasteiger partial charge in [-0.1, -0.05) is 24.6 Å². The number of rotatable bonds is 3. The molecule has 122 valence electrons. The molecule has 2 fully saturated rings. The largest absolute Gasteiger partial charge is 0.378 e. The average molecular weight is 314 g/mol. The summed E-state index contributed by atoms with van der Waals surface area (Å²) in [5, 5.41) is 11.1. The summed E-state index contributed by atoms with van der Waals surface area (Å²) in [6.07, 6.45) is 3.78. The molecule has 0 aliphatic carbocycles. The summed E-state index contributed by atoms with van der Waals surface area (Å²) >= 11 is 0. The lowest BCUT2D eigenvalue weighted by Crippen LogP contribution is -2.52. The molecule has 6 nitrogen and oxygen atoms in total. The number of carbonyl (C=O) groups excluding carboxylic acids is 1. The van der Waals surface area contributed by atoms with Crippen LogP contribution in [0.4, 0.5) is 0 Å². The highest BCUT2D eigenvalue weighted by Crippen LogP contribution is 2.20. The van der Waals surface area contributed by atoms with E-state index < -0.39 is 0 Å². The number of para-hydroxylation sites is 1. The van der Waals surface area contributed by atoms with Crippen molar-refractivity contribution < 1.29 is 9.53 Å². The van der Waals surface area contributed by atoms with E-state index in [1.54, 1.807) is 0 Å². The zero-order chi connectivity index (χ0) is 15.6. The third-order valence-corrected chi connectivity index (χ3v) is 4.91. The van der Waals surface area contributed by atoms with Crippen molar-refractivity contribution in [2.45, 2.75) is 31.3 Å². The molecule has 2 aliphatic heterocycles. The monoisotopic (exact) mass is 314 g/mol. The van der Waals surface area contributed by atoms with Gasteiger partial charge in [-0.15, -0.1) is 0 Å². The molecule has 1 aromatic heterocycles. The Balaban J connectivity index is 1.49. The predicted molar refractivity (Wildman–Crippen MR) is 87.4 cm³/mol. The topological polar surface area (TPSA) is 70.2 Å². The minimum Gasteiger partial charge on any atom is -0.378 e. The summed E-state index contributed by atoms with van der Waals surface area (Å²) in [7, 11) is 0. The van der Waals surface area contributed by atoms with E-state index in [1.165, 1.54) is 19.3 Å². The average Bonchev–Trinajstić information content (AvgIpc) is 3.22. The lowest BCUT2D eigenvalue weighted by molar-refractivity contribution is 0.0896. The Hall–Kier alpha value is -1.92. The molecule has 0 bridgehead atoms. The molecule has 2 atom stereocenters. The highest BCUT2D eigenvalue weighted by molar-refractivity contribution is 6.04. The summed E-state index contributed by atoms with van der Waals surface area (Å²) in [5.74, 6) is -0.125. The van der Waals surface area contributed by atoms with E-state index in [0.717, 1.165) is 24.0 Å². The lowest BCUT2D eigenvalue weighted by Gasteiger charge is -2.34. The SMILES string of the molecule is O=C(N[C@@H]1COC[C@H]1N1CCCCC1)c1n[nH]c2ccccc12. The van der Waals surface area contributed by atoms with Crippen molar-refractivity contribution in [3.63, 3.8) is 0 Å². The molecule has 0 radical (unpaired) electrons. The van der Waals surface area contributed by atoms with Crippen LogP contribution in [0.1, 0.15) is 29.8 Å². The minimum atomic E-state index is -0.125. The Kier molecular flexibility index (Phi) is 4.01. The number of hydrogen-bond acceptors (Lipinski definition) is 4. The molecule has 6 heteroatoms. The molecule has 0 unspecified atom stereocenters. The van der Waals surface area contributed by atoms with Gasteiger partial charge in [0, 0.05) is 5.39 Å². The number of nitrogens with one attached hydrogen (secondary N) is 2. The van der Waals surface area contributed by atoms with E-state index in [4.69, 9.17) is 4.74 Å². The van der Waals surface area contributed by atoms with E-state index >= 15 is 0 Å². The molecule has 2 aliphatic rings. The fourth-order valence-electron chi connectivity index (χ4n) is 3.66. The molecule has 0 saturated carbocycles. The Morgan fingerprint density at radius 3 is 2.91 bits per heavy atom. The summed E-state index contributed by atoms with van der Waals surface area (Å²) in [6.45, 7) is 3.49. The van der Waals surface area contributed by atoms with E-state index in [9.17, 15) is 4.79 Å². The third-order valence-electron chi connectivity index (χ3n) is 4.91. The third kappa shape index (κ3) is 2.84. The highest BCUT2D eigenvalue weighted by atomic mass is 16.5. The van der Waals surface area contributed by atoms with Crippen molar-refractivity contribution in [1.29, 1.82) is 0 Å². The van der Waals surface area contributed by atoms with Crippen molar-refractivity contribution >= 4 is 16.8 Å². The molecule has 3 heterocycles. The normalized spacial score (nSPS) is 25.7. The fraction of sp³-hybridized carbons (Fsp3) is 0.529. The molecular formula is C17H22N4O2. The molecule has 23 heavy (non-hydrogen) atoms. The summed E-state index contributed by atoms with van der Waals surface area (Å²) in [4.78, 5) is 15.1. The first-order chi connectivity index (χ1) is 11.3. The van der Waals surface area contributed by atoms with Gasteiger partial charge in [-0.3, -0.25) is 14.8 Å². The van der Waals surface area contributed by atoms with Gasteiger partial charge in [0.15, 0.2) is 5.69 Å². The second-order valence-electron chi connectivity index (χ2n) is 6.40. The number of aromatic nitrogens is 2. The van der Waals surface area contributed by atoms with Gasteiger partial charge in [-0.05, 0) is 32.0 Å². The Morgan fingerprint density at radius 1 is 1.22 bits per heavy atom. The van der Waals surface area contributed by atoms with Gasteiger partial charge in [-0.2, -0.15) is 5.10 Å². The number of aromatic amines is 1. The van der Waals surface area contributed by atoms with Crippen LogP contribution in [-0.4, -0.2) is 59.4 Å². The smallest absolute Gasteiger partial charge is 0.272 e. The van der Waals surface area contributed by atoms with Crippen LogP contribution >= 0.6 is 0 Å². The first kappa shape index (κ1) is 14.7. The van der Waals surface area contributed by atoms with E-state index in [2.05, 4.69) is 20.4 Å². The zero-order valence-electron chi connectivity index (χ0n) is 13.1. The van der Waals surface area contributed by atoms with Crippen LogP contribution in [0, 0.1) is 0 Å². The molecule has 2 N–H and O–H groups in total. The molecule has 1 aromatic carbocycles.